The van der Waals surface area contributed by atoms with E-state index >= 15 is 0 Å². The molecule has 2 heterocycles. The van der Waals surface area contributed by atoms with Crippen LogP contribution in [-0.2, 0) is 14.2 Å². The van der Waals surface area contributed by atoms with Crippen molar-refractivity contribution in [1.82, 2.24) is 0 Å². The normalized spacial score (nSPS) is 45.9. The molecule has 58 valence electrons. The molecule has 0 N–H and O–H groups in total. The van der Waals surface area contributed by atoms with Crippen molar-refractivity contribution in [2.75, 3.05) is 13.7 Å². The summed E-state index contributed by atoms with van der Waals surface area (Å²) in [5, 5.41) is 0. The van der Waals surface area contributed by atoms with Gasteiger partial charge >= 0.3 is 0 Å². The molecular formula is C7H12O3. The highest BCUT2D eigenvalue weighted by atomic mass is 16.8. The van der Waals surface area contributed by atoms with Crippen LogP contribution in [0, 0.1) is 0 Å². The Labute approximate surface area is 60.3 Å². The Hall–Kier alpha value is -0.120. The van der Waals surface area contributed by atoms with Gasteiger partial charge < -0.3 is 14.2 Å². The maximum atomic E-state index is 5.49. The van der Waals surface area contributed by atoms with Gasteiger partial charge in [0.05, 0.1) is 0 Å². The Kier molecular flexibility index (Phi) is 1.44. The van der Waals surface area contributed by atoms with Gasteiger partial charge in [0.2, 0.25) is 0 Å². The molecule has 2 atom stereocenters. The summed E-state index contributed by atoms with van der Waals surface area (Å²) in [6.07, 6.45) is 3.15. The van der Waals surface area contributed by atoms with Crippen LogP contribution in [0.5, 0.6) is 0 Å². The molecule has 0 aliphatic carbocycles. The van der Waals surface area contributed by atoms with Crippen molar-refractivity contribution in [3.8, 4) is 0 Å². The van der Waals surface area contributed by atoms with E-state index in [4.69, 9.17) is 14.2 Å². The molecule has 2 rings (SSSR count). The van der Waals surface area contributed by atoms with Gasteiger partial charge in [-0.05, 0) is 12.8 Å². The first-order valence-electron chi connectivity index (χ1n) is 3.69. The number of rotatable bonds is 1. The molecule has 0 aromatic rings. The first-order chi connectivity index (χ1) is 4.85. The highest BCUT2D eigenvalue weighted by Gasteiger charge is 2.44. The van der Waals surface area contributed by atoms with E-state index in [1.807, 2.05) is 0 Å². The maximum Gasteiger partial charge on any atom is 0.194 e. The zero-order chi connectivity index (χ0) is 7.03. The van der Waals surface area contributed by atoms with Crippen molar-refractivity contribution in [3.05, 3.63) is 0 Å². The van der Waals surface area contributed by atoms with Gasteiger partial charge in [-0.3, -0.25) is 0 Å². The lowest BCUT2D eigenvalue weighted by atomic mass is 10.1. The van der Waals surface area contributed by atoms with E-state index in [0.29, 0.717) is 6.61 Å². The van der Waals surface area contributed by atoms with Crippen LogP contribution in [0.2, 0.25) is 0 Å². The molecule has 0 aromatic heterocycles. The van der Waals surface area contributed by atoms with E-state index in [-0.39, 0.29) is 12.1 Å². The summed E-state index contributed by atoms with van der Waals surface area (Å²) in [6.45, 7) is 0.605. The van der Waals surface area contributed by atoms with Crippen molar-refractivity contribution in [3.63, 3.8) is 0 Å². The van der Waals surface area contributed by atoms with Gasteiger partial charge in [-0.2, -0.15) is 0 Å². The summed E-state index contributed by atoms with van der Waals surface area (Å²) in [4.78, 5) is 0. The third-order valence-electron chi connectivity index (χ3n) is 2.20. The van der Waals surface area contributed by atoms with Gasteiger partial charge in [-0.1, -0.05) is 0 Å². The number of methoxy groups -OCH3 is 1. The minimum Gasteiger partial charge on any atom is -0.351 e. The molecular weight excluding hydrogens is 132 g/mol. The smallest absolute Gasteiger partial charge is 0.194 e. The molecule has 0 radical (unpaired) electrons. The Morgan fingerprint density at radius 2 is 2.50 bits per heavy atom. The first kappa shape index (κ1) is 6.58. The number of ether oxygens (including phenoxy) is 3. The largest absolute Gasteiger partial charge is 0.351 e. The lowest BCUT2D eigenvalue weighted by molar-refractivity contribution is -0.232. The third-order valence-corrected chi connectivity index (χ3v) is 2.20. The second-order valence-corrected chi connectivity index (χ2v) is 2.87. The lowest BCUT2D eigenvalue weighted by Crippen LogP contribution is -2.36. The van der Waals surface area contributed by atoms with Crippen molar-refractivity contribution in [2.45, 2.75) is 31.3 Å². The van der Waals surface area contributed by atoms with E-state index in [1.165, 1.54) is 0 Å². The minimum absolute atomic E-state index is 0.00806. The van der Waals surface area contributed by atoms with Crippen LogP contribution in [0.15, 0.2) is 0 Å². The van der Waals surface area contributed by atoms with E-state index in [2.05, 4.69) is 0 Å². The van der Waals surface area contributed by atoms with Crippen LogP contribution in [-0.4, -0.2) is 25.8 Å². The number of hydrogen-bond donors (Lipinski definition) is 0. The third kappa shape index (κ3) is 0.856. The van der Waals surface area contributed by atoms with Gasteiger partial charge in [0.1, 0.15) is 6.61 Å². The first-order valence-corrected chi connectivity index (χ1v) is 3.69. The fourth-order valence-corrected chi connectivity index (χ4v) is 1.55. The molecule has 0 aromatic carbocycles. The van der Waals surface area contributed by atoms with Crippen LogP contribution in [0.4, 0.5) is 0 Å². The van der Waals surface area contributed by atoms with Gasteiger partial charge in [0.25, 0.3) is 0 Å². The van der Waals surface area contributed by atoms with Crippen LogP contribution < -0.4 is 0 Å². The molecule has 2 unspecified atom stereocenters. The molecule has 2 aliphatic rings. The molecule has 3 nitrogen and oxygen atoms in total. The van der Waals surface area contributed by atoms with E-state index in [9.17, 15) is 0 Å². The Morgan fingerprint density at radius 3 is 3.20 bits per heavy atom. The molecule has 2 fully saturated rings. The fourth-order valence-electron chi connectivity index (χ4n) is 1.55. The summed E-state index contributed by atoms with van der Waals surface area (Å²) < 4.78 is 16.0. The van der Waals surface area contributed by atoms with E-state index < -0.39 is 0 Å². The zero-order valence-electron chi connectivity index (χ0n) is 6.13. The predicted octanol–water partition coefficient (Wildman–Crippen LogP) is 0.886. The Balaban J connectivity index is 2.10. The standard InChI is InChI=1S/C7H12O3/c1-8-7-4-2-3-6(10-7)9-5-7/h6H,2-5H2,1H3. The summed E-state index contributed by atoms with van der Waals surface area (Å²) >= 11 is 0. The SMILES string of the molecule is COC12CCCC(OC1)O2. The van der Waals surface area contributed by atoms with Crippen LogP contribution in [0.25, 0.3) is 0 Å². The molecule has 2 saturated heterocycles. The highest BCUT2D eigenvalue weighted by Crippen LogP contribution is 2.35. The molecule has 3 heteroatoms. The Morgan fingerprint density at radius 1 is 1.60 bits per heavy atom. The Bertz CT molecular complexity index is 133. The average Bonchev–Trinajstić information content (AvgIpc) is 2.29. The number of hydrogen-bond acceptors (Lipinski definition) is 3. The molecule has 10 heavy (non-hydrogen) atoms. The molecule has 0 amide bonds. The predicted molar refractivity (Wildman–Crippen MR) is 34.4 cm³/mol. The van der Waals surface area contributed by atoms with Crippen molar-refractivity contribution in [1.29, 1.82) is 0 Å². The average molecular weight is 144 g/mol. The second kappa shape index (κ2) is 2.19. The van der Waals surface area contributed by atoms with Crippen molar-refractivity contribution < 1.29 is 14.2 Å². The van der Waals surface area contributed by atoms with Crippen molar-refractivity contribution >= 4 is 0 Å². The summed E-state index contributed by atoms with van der Waals surface area (Å²) in [6, 6.07) is 0. The van der Waals surface area contributed by atoms with Crippen LogP contribution in [0.3, 0.4) is 0 Å². The second-order valence-electron chi connectivity index (χ2n) is 2.87. The number of fused-ring (bicyclic) bond motifs is 2. The maximum absolute atomic E-state index is 5.49. The quantitative estimate of drug-likeness (QED) is 0.547. The minimum atomic E-state index is -0.386. The van der Waals surface area contributed by atoms with Gasteiger partial charge in [0, 0.05) is 13.5 Å². The van der Waals surface area contributed by atoms with Crippen LogP contribution in [0.1, 0.15) is 19.3 Å². The van der Waals surface area contributed by atoms with Crippen LogP contribution >= 0.6 is 0 Å². The van der Waals surface area contributed by atoms with E-state index in [1.54, 1.807) is 7.11 Å². The van der Waals surface area contributed by atoms with E-state index in [0.717, 1.165) is 19.3 Å². The molecule has 0 saturated carbocycles. The topological polar surface area (TPSA) is 27.7 Å². The lowest BCUT2D eigenvalue weighted by Gasteiger charge is -2.28. The zero-order valence-corrected chi connectivity index (χ0v) is 6.13. The fraction of sp³-hybridized carbons (Fsp3) is 1.00. The molecule has 2 aliphatic heterocycles. The summed E-state index contributed by atoms with van der Waals surface area (Å²) in [5.41, 5.74) is 0. The van der Waals surface area contributed by atoms with Gasteiger partial charge in [-0.15, -0.1) is 0 Å². The van der Waals surface area contributed by atoms with Gasteiger partial charge in [0.15, 0.2) is 12.1 Å². The monoisotopic (exact) mass is 144 g/mol. The van der Waals surface area contributed by atoms with Crippen molar-refractivity contribution in [2.24, 2.45) is 0 Å². The molecule has 0 spiro atoms. The summed E-state index contributed by atoms with van der Waals surface area (Å²) in [7, 11) is 1.68. The summed E-state index contributed by atoms with van der Waals surface area (Å²) in [5.74, 6) is -0.386. The van der Waals surface area contributed by atoms with Gasteiger partial charge in [-0.25, -0.2) is 0 Å². The highest BCUT2D eigenvalue weighted by molar-refractivity contribution is 4.80. The molecule has 2 bridgehead atoms.